The van der Waals surface area contributed by atoms with Crippen molar-refractivity contribution in [2.24, 2.45) is 0 Å². The van der Waals surface area contributed by atoms with Crippen LogP contribution in [0, 0.1) is 0 Å². The zero-order valence-electron chi connectivity index (χ0n) is 12.4. The fourth-order valence-electron chi connectivity index (χ4n) is 2.98. The molecule has 0 aromatic carbocycles. The number of rotatable bonds is 5. The lowest BCUT2D eigenvalue weighted by molar-refractivity contribution is 0.241. The van der Waals surface area contributed by atoms with Crippen LogP contribution in [0.5, 0.6) is 0 Å². The van der Waals surface area contributed by atoms with E-state index in [4.69, 9.17) is 0 Å². The summed E-state index contributed by atoms with van der Waals surface area (Å²) in [5.74, 6) is 0. The first kappa shape index (κ1) is 15.6. The monoisotopic (exact) mass is 336 g/mol. The molecule has 0 bridgehead atoms. The van der Waals surface area contributed by atoms with Crippen LogP contribution in [-0.2, 0) is 16.4 Å². The third-order valence-electron chi connectivity index (χ3n) is 4.12. The Balaban J connectivity index is 1.77. The maximum absolute atomic E-state index is 12.8. The molecule has 22 heavy (non-hydrogen) atoms. The molecule has 0 amide bonds. The van der Waals surface area contributed by atoms with Gasteiger partial charge in [-0.1, -0.05) is 12.5 Å². The van der Waals surface area contributed by atoms with Gasteiger partial charge in [-0.05, 0) is 49.3 Å². The number of piperidine rings is 1. The highest BCUT2D eigenvalue weighted by Crippen LogP contribution is 2.28. The van der Waals surface area contributed by atoms with Crippen LogP contribution in [0.25, 0.3) is 0 Å². The second kappa shape index (κ2) is 6.89. The minimum absolute atomic E-state index is 0.0982. The number of nitrogens with zero attached hydrogens (tertiary/aromatic N) is 2. The highest BCUT2D eigenvalue weighted by molar-refractivity contribution is 7.89. The van der Waals surface area contributed by atoms with Crippen LogP contribution in [0.15, 0.2) is 46.9 Å². The summed E-state index contributed by atoms with van der Waals surface area (Å²) in [4.78, 5) is 5.58. The zero-order chi connectivity index (χ0) is 15.4. The molecule has 0 N–H and O–H groups in total. The summed E-state index contributed by atoms with van der Waals surface area (Å²) in [5, 5.41) is 2.07. The third kappa shape index (κ3) is 3.39. The summed E-state index contributed by atoms with van der Waals surface area (Å²) in [7, 11) is -3.43. The molecule has 1 fully saturated rings. The summed E-state index contributed by atoms with van der Waals surface area (Å²) in [6.45, 7) is 0.617. The van der Waals surface area contributed by atoms with E-state index in [0.29, 0.717) is 11.4 Å². The van der Waals surface area contributed by atoms with Gasteiger partial charge in [0.2, 0.25) is 10.0 Å². The Labute approximate surface area is 135 Å². The van der Waals surface area contributed by atoms with Gasteiger partial charge in [-0.15, -0.1) is 11.3 Å². The van der Waals surface area contributed by atoms with Crippen LogP contribution >= 0.6 is 11.3 Å². The molecule has 0 radical (unpaired) electrons. The summed E-state index contributed by atoms with van der Waals surface area (Å²) in [6.07, 6.45) is 7.87. The van der Waals surface area contributed by atoms with E-state index in [9.17, 15) is 8.42 Å². The quantitative estimate of drug-likeness (QED) is 0.841. The predicted octanol–water partition coefficient (Wildman–Crippen LogP) is 3.32. The number of hydrogen-bond acceptors (Lipinski definition) is 4. The van der Waals surface area contributed by atoms with Gasteiger partial charge in [-0.25, -0.2) is 8.42 Å². The van der Waals surface area contributed by atoms with Crippen molar-refractivity contribution in [3.63, 3.8) is 0 Å². The summed E-state index contributed by atoms with van der Waals surface area (Å²) < 4.78 is 27.4. The van der Waals surface area contributed by atoms with E-state index in [1.165, 1.54) is 11.1 Å². The molecular weight excluding hydrogens is 316 g/mol. The Morgan fingerprint density at radius 1 is 1.27 bits per heavy atom. The van der Waals surface area contributed by atoms with Gasteiger partial charge >= 0.3 is 0 Å². The topological polar surface area (TPSA) is 50.3 Å². The number of thiophene rings is 1. The Morgan fingerprint density at radius 3 is 2.91 bits per heavy atom. The normalized spacial score (nSPS) is 20.1. The Morgan fingerprint density at radius 2 is 2.18 bits per heavy atom. The van der Waals surface area contributed by atoms with E-state index in [-0.39, 0.29) is 6.04 Å². The third-order valence-corrected chi connectivity index (χ3v) is 6.99. The second-order valence-corrected chi connectivity index (χ2v) is 8.49. The molecule has 0 aliphatic carbocycles. The molecule has 118 valence electrons. The lowest BCUT2D eigenvalue weighted by Gasteiger charge is -2.34. The van der Waals surface area contributed by atoms with Gasteiger partial charge in [0.15, 0.2) is 0 Å². The van der Waals surface area contributed by atoms with Crippen LogP contribution < -0.4 is 0 Å². The molecule has 0 spiro atoms. The minimum atomic E-state index is -3.43. The molecule has 1 unspecified atom stereocenters. The molecule has 6 heteroatoms. The van der Waals surface area contributed by atoms with Crippen molar-refractivity contribution in [2.45, 2.75) is 43.0 Å². The van der Waals surface area contributed by atoms with E-state index in [1.807, 2.05) is 6.07 Å². The number of pyridine rings is 1. The number of sulfonamides is 1. The fourth-order valence-corrected chi connectivity index (χ4v) is 5.39. The fraction of sp³-hybridized carbons (Fsp3) is 0.438. The highest BCUT2D eigenvalue weighted by atomic mass is 32.2. The number of aryl methyl sites for hydroxylation is 1. The SMILES string of the molecule is O=S(=O)(c1cccnc1)N1CCCCC1CCc1cccs1. The van der Waals surface area contributed by atoms with Gasteiger partial charge in [0, 0.05) is 29.9 Å². The molecule has 1 aliphatic heterocycles. The smallest absolute Gasteiger partial charge is 0.244 e. The van der Waals surface area contributed by atoms with Crippen LogP contribution in [0.3, 0.4) is 0 Å². The largest absolute Gasteiger partial charge is 0.263 e. The summed E-state index contributed by atoms with van der Waals surface area (Å²) in [6, 6.07) is 7.57. The average Bonchev–Trinajstić information content (AvgIpc) is 3.07. The van der Waals surface area contributed by atoms with Crippen molar-refractivity contribution in [1.82, 2.24) is 9.29 Å². The predicted molar refractivity (Wildman–Crippen MR) is 88.4 cm³/mol. The van der Waals surface area contributed by atoms with Gasteiger partial charge in [-0.3, -0.25) is 4.98 Å². The molecule has 2 aromatic rings. The average molecular weight is 336 g/mol. The summed E-state index contributed by atoms with van der Waals surface area (Å²) in [5.41, 5.74) is 0. The molecule has 4 nitrogen and oxygen atoms in total. The molecular formula is C16H20N2O2S2. The van der Waals surface area contributed by atoms with Gasteiger partial charge in [-0.2, -0.15) is 4.31 Å². The van der Waals surface area contributed by atoms with Gasteiger partial charge < -0.3 is 0 Å². The van der Waals surface area contributed by atoms with Crippen molar-refractivity contribution >= 4 is 21.4 Å². The molecule has 1 saturated heterocycles. The van der Waals surface area contributed by atoms with Crippen molar-refractivity contribution in [2.75, 3.05) is 6.54 Å². The summed E-state index contributed by atoms with van der Waals surface area (Å²) >= 11 is 1.74. The molecule has 1 aliphatic rings. The number of hydrogen-bond donors (Lipinski definition) is 0. The molecule has 1 atom stereocenters. The molecule has 3 heterocycles. The molecule has 0 saturated carbocycles. The molecule has 3 rings (SSSR count). The minimum Gasteiger partial charge on any atom is -0.263 e. The van der Waals surface area contributed by atoms with E-state index < -0.39 is 10.0 Å². The maximum atomic E-state index is 12.8. The van der Waals surface area contributed by atoms with Crippen LogP contribution in [0.1, 0.15) is 30.6 Å². The lowest BCUT2D eigenvalue weighted by atomic mass is 10.0. The first-order valence-corrected chi connectivity index (χ1v) is 9.94. The van der Waals surface area contributed by atoms with Crippen LogP contribution in [0.4, 0.5) is 0 Å². The van der Waals surface area contributed by atoms with Crippen molar-refractivity contribution in [3.8, 4) is 0 Å². The lowest BCUT2D eigenvalue weighted by Crippen LogP contribution is -2.43. The standard InChI is InChI=1S/C16H20N2O2S2/c19-22(20,16-7-3-10-17-13-16)18-11-2-1-5-14(18)8-9-15-6-4-12-21-15/h3-4,6-7,10,12-14H,1-2,5,8-9,11H2. The van der Waals surface area contributed by atoms with Crippen molar-refractivity contribution in [1.29, 1.82) is 0 Å². The molecule has 2 aromatic heterocycles. The van der Waals surface area contributed by atoms with Gasteiger partial charge in [0.25, 0.3) is 0 Å². The van der Waals surface area contributed by atoms with E-state index in [1.54, 1.807) is 34.0 Å². The Hall–Kier alpha value is -1.24. The first-order chi connectivity index (χ1) is 10.7. The van der Waals surface area contributed by atoms with Crippen molar-refractivity contribution < 1.29 is 8.42 Å². The number of aromatic nitrogens is 1. The van der Waals surface area contributed by atoms with E-state index in [0.717, 1.165) is 32.1 Å². The zero-order valence-corrected chi connectivity index (χ0v) is 14.0. The van der Waals surface area contributed by atoms with E-state index >= 15 is 0 Å². The Kier molecular flexibility index (Phi) is 4.90. The van der Waals surface area contributed by atoms with Gasteiger partial charge in [0.1, 0.15) is 4.90 Å². The second-order valence-electron chi connectivity index (χ2n) is 5.57. The van der Waals surface area contributed by atoms with Crippen molar-refractivity contribution in [3.05, 3.63) is 46.9 Å². The van der Waals surface area contributed by atoms with Crippen LogP contribution in [-0.4, -0.2) is 30.3 Å². The Bertz CT molecular complexity index is 684. The first-order valence-electron chi connectivity index (χ1n) is 7.62. The van der Waals surface area contributed by atoms with E-state index in [2.05, 4.69) is 16.4 Å². The highest BCUT2D eigenvalue weighted by Gasteiger charge is 2.33. The maximum Gasteiger partial charge on any atom is 0.244 e. The van der Waals surface area contributed by atoms with Gasteiger partial charge in [0.05, 0.1) is 0 Å². The van der Waals surface area contributed by atoms with Crippen LogP contribution in [0.2, 0.25) is 0 Å².